The van der Waals surface area contributed by atoms with Crippen molar-refractivity contribution >= 4 is 27.4 Å². The summed E-state index contributed by atoms with van der Waals surface area (Å²) in [7, 11) is 1.66. The molecule has 0 saturated carbocycles. The zero-order valence-corrected chi connectivity index (χ0v) is 12.7. The van der Waals surface area contributed by atoms with Crippen molar-refractivity contribution in [1.82, 2.24) is 9.97 Å². The highest BCUT2D eigenvalue weighted by atomic mass is 32.1. The number of ether oxygens (including phenoxy) is 1. The van der Waals surface area contributed by atoms with Gasteiger partial charge in [-0.1, -0.05) is 12.1 Å². The Bertz CT molecular complexity index is 767. The first-order valence-corrected chi connectivity index (χ1v) is 7.38. The normalized spacial score (nSPS) is 10.8. The molecule has 3 rings (SSSR count). The van der Waals surface area contributed by atoms with Gasteiger partial charge in [-0.05, 0) is 30.7 Å². The van der Waals surface area contributed by atoms with Gasteiger partial charge in [0.2, 0.25) is 0 Å². The number of hydrogen-bond donors (Lipinski definition) is 2. The van der Waals surface area contributed by atoms with Crippen LogP contribution in [-0.4, -0.2) is 17.1 Å². The number of benzene rings is 1. The van der Waals surface area contributed by atoms with Gasteiger partial charge in [0.1, 0.15) is 16.4 Å². The SMILES string of the molecule is COc1ccc(Cc2nc(NN)c3cc(C)sc3n2)cc1. The summed E-state index contributed by atoms with van der Waals surface area (Å²) < 4.78 is 5.16. The Morgan fingerprint density at radius 1 is 1.24 bits per heavy atom. The van der Waals surface area contributed by atoms with Crippen LogP contribution >= 0.6 is 11.3 Å². The lowest BCUT2D eigenvalue weighted by Gasteiger charge is -2.06. The summed E-state index contributed by atoms with van der Waals surface area (Å²) in [6, 6.07) is 9.95. The van der Waals surface area contributed by atoms with Crippen molar-refractivity contribution in [3.05, 3.63) is 46.6 Å². The fourth-order valence-corrected chi connectivity index (χ4v) is 3.10. The predicted molar refractivity (Wildman–Crippen MR) is 85.8 cm³/mol. The Morgan fingerprint density at radius 3 is 2.67 bits per heavy atom. The average molecular weight is 300 g/mol. The van der Waals surface area contributed by atoms with Crippen LogP contribution in [-0.2, 0) is 6.42 Å². The van der Waals surface area contributed by atoms with Crippen LogP contribution in [0, 0.1) is 6.92 Å². The lowest BCUT2D eigenvalue weighted by atomic mass is 10.1. The molecule has 0 radical (unpaired) electrons. The van der Waals surface area contributed by atoms with E-state index in [1.165, 1.54) is 4.88 Å². The van der Waals surface area contributed by atoms with Gasteiger partial charge in [-0.3, -0.25) is 0 Å². The molecule has 3 N–H and O–H groups in total. The molecule has 0 atom stereocenters. The minimum Gasteiger partial charge on any atom is -0.497 e. The molecule has 21 heavy (non-hydrogen) atoms. The van der Waals surface area contributed by atoms with Crippen molar-refractivity contribution in [1.29, 1.82) is 0 Å². The quantitative estimate of drug-likeness (QED) is 0.572. The number of nitrogens with one attached hydrogen (secondary N) is 1. The van der Waals surface area contributed by atoms with Gasteiger partial charge in [0.25, 0.3) is 0 Å². The highest BCUT2D eigenvalue weighted by molar-refractivity contribution is 7.18. The number of aromatic nitrogens is 2. The van der Waals surface area contributed by atoms with E-state index in [1.807, 2.05) is 30.3 Å². The monoisotopic (exact) mass is 300 g/mol. The molecule has 0 fully saturated rings. The lowest BCUT2D eigenvalue weighted by molar-refractivity contribution is 0.414. The molecule has 2 heterocycles. The van der Waals surface area contributed by atoms with Gasteiger partial charge < -0.3 is 10.2 Å². The maximum absolute atomic E-state index is 5.57. The van der Waals surface area contributed by atoms with Gasteiger partial charge in [0.15, 0.2) is 5.82 Å². The van der Waals surface area contributed by atoms with E-state index in [0.717, 1.165) is 27.4 Å². The number of rotatable bonds is 4. The largest absolute Gasteiger partial charge is 0.497 e. The van der Waals surface area contributed by atoms with E-state index in [4.69, 9.17) is 10.6 Å². The Balaban J connectivity index is 1.95. The first kappa shape index (κ1) is 13.8. The molecule has 2 aromatic heterocycles. The average Bonchev–Trinajstić information content (AvgIpc) is 2.87. The Morgan fingerprint density at radius 2 is 2.00 bits per heavy atom. The number of aryl methyl sites for hydroxylation is 1. The standard InChI is InChI=1S/C15H16N4OS/c1-9-7-12-14(19-16)17-13(18-15(12)21-9)8-10-3-5-11(20-2)6-4-10/h3-7H,8,16H2,1-2H3,(H,17,18,19). The minimum atomic E-state index is 0.658. The van der Waals surface area contributed by atoms with Crippen molar-refractivity contribution in [2.24, 2.45) is 5.84 Å². The predicted octanol–water partition coefficient (Wildman–Crippen LogP) is 2.88. The third kappa shape index (κ3) is 2.81. The smallest absolute Gasteiger partial charge is 0.152 e. The van der Waals surface area contributed by atoms with E-state index in [1.54, 1.807) is 18.4 Å². The highest BCUT2D eigenvalue weighted by Gasteiger charge is 2.10. The molecule has 0 unspecified atom stereocenters. The Labute approximate surface area is 126 Å². The fraction of sp³-hybridized carbons (Fsp3) is 0.200. The number of nitrogen functional groups attached to an aromatic ring is 1. The summed E-state index contributed by atoms with van der Waals surface area (Å²) in [4.78, 5) is 11.3. The van der Waals surface area contributed by atoms with E-state index in [9.17, 15) is 0 Å². The second-order valence-corrected chi connectivity index (χ2v) is 5.97. The number of methoxy groups -OCH3 is 1. The van der Waals surface area contributed by atoms with Gasteiger partial charge >= 0.3 is 0 Å². The van der Waals surface area contributed by atoms with Crippen LogP contribution in [0.2, 0.25) is 0 Å². The zero-order valence-electron chi connectivity index (χ0n) is 11.9. The molecule has 0 aliphatic rings. The number of nitrogens with two attached hydrogens (primary N) is 1. The van der Waals surface area contributed by atoms with Crippen LogP contribution < -0.4 is 16.0 Å². The number of nitrogens with zero attached hydrogens (tertiary/aromatic N) is 2. The zero-order chi connectivity index (χ0) is 14.8. The molecule has 0 aliphatic carbocycles. The molecule has 6 heteroatoms. The second kappa shape index (κ2) is 5.67. The van der Waals surface area contributed by atoms with Crippen LogP contribution in [0.15, 0.2) is 30.3 Å². The van der Waals surface area contributed by atoms with Gasteiger partial charge in [0, 0.05) is 11.3 Å². The molecular formula is C15H16N4OS. The molecule has 5 nitrogen and oxygen atoms in total. The number of hydrogen-bond acceptors (Lipinski definition) is 6. The third-order valence-electron chi connectivity index (χ3n) is 3.22. The highest BCUT2D eigenvalue weighted by Crippen LogP contribution is 2.28. The van der Waals surface area contributed by atoms with Crippen molar-refractivity contribution in [2.45, 2.75) is 13.3 Å². The summed E-state index contributed by atoms with van der Waals surface area (Å²) in [5.41, 5.74) is 3.79. The van der Waals surface area contributed by atoms with Gasteiger partial charge in [-0.25, -0.2) is 15.8 Å². The van der Waals surface area contributed by atoms with Crippen molar-refractivity contribution in [3.63, 3.8) is 0 Å². The third-order valence-corrected chi connectivity index (χ3v) is 4.16. The van der Waals surface area contributed by atoms with Gasteiger partial charge in [-0.15, -0.1) is 11.3 Å². The number of anilines is 1. The molecule has 0 aliphatic heterocycles. The number of thiophene rings is 1. The first-order chi connectivity index (χ1) is 10.2. The molecule has 0 spiro atoms. The molecule has 3 aromatic rings. The Kier molecular flexibility index (Phi) is 3.72. The van der Waals surface area contributed by atoms with E-state index in [-0.39, 0.29) is 0 Å². The van der Waals surface area contributed by atoms with Crippen LogP contribution in [0.25, 0.3) is 10.2 Å². The minimum absolute atomic E-state index is 0.658. The second-order valence-electron chi connectivity index (χ2n) is 4.73. The topological polar surface area (TPSA) is 73.1 Å². The van der Waals surface area contributed by atoms with E-state index < -0.39 is 0 Å². The fourth-order valence-electron chi connectivity index (χ4n) is 2.20. The van der Waals surface area contributed by atoms with Crippen LogP contribution in [0.1, 0.15) is 16.3 Å². The van der Waals surface area contributed by atoms with Crippen molar-refractivity contribution < 1.29 is 4.74 Å². The van der Waals surface area contributed by atoms with Crippen LogP contribution in [0.4, 0.5) is 5.82 Å². The lowest BCUT2D eigenvalue weighted by Crippen LogP contribution is -2.10. The molecule has 0 bridgehead atoms. The summed E-state index contributed by atoms with van der Waals surface area (Å²) >= 11 is 1.65. The number of fused-ring (bicyclic) bond motifs is 1. The summed E-state index contributed by atoms with van der Waals surface area (Å²) in [5, 5.41) is 0.971. The molecule has 0 amide bonds. The van der Waals surface area contributed by atoms with Crippen molar-refractivity contribution in [3.8, 4) is 5.75 Å². The van der Waals surface area contributed by atoms with E-state index in [2.05, 4.69) is 22.3 Å². The van der Waals surface area contributed by atoms with Gasteiger partial charge in [-0.2, -0.15) is 0 Å². The van der Waals surface area contributed by atoms with Crippen LogP contribution in [0.3, 0.4) is 0 Å². The summed E-state index contributed by atoms with van der Waals surface area (Å²) in [6.07, 6.45) is 0.658. The molecule has 0 saturated heterocycles. The molecular weight excluding hydrogens is 284 g/mol. The molecule has 108 valence electrons. The summed E-state index contributed by atoms with van der Waals surface area (Å²) in [6.45, 7) is 2.05. The van der Waals surface area contributed by atoms with E-state index in [0.29, 0.717) is 12.2 Å². The Hall–Kier alpha value is -2.18. The van der Waals surface area contributed by atoms with Crippen LogP contribution in [0.5, 0.6) is 5.75 Å². The number of hydrazine groups is 1. The van der Waals surface area contributed by atoms with E-state index >= 15 is 0 Å². The first-order valence-electron chi connectivity index (χ1n) is 6.56. The molecule has 1 aromatic carbocycles. The van der Waals surface area contributed by atoms with Crippen molar-refractivity contribution in [2.75, 3.05) is 12.5 Å². The maximum Gasteiger partial charge on any atom is 0.152 e. The summed E-state index contributed by atoms with van der Waals surface area (Å²) in [5.74, 6) is 7.84. The maximum atomic E-state index is 5.57. The van der Waals surface area contributed by atoms with Gasteiger partial charge in [0.05, 0.1) is 12.5 Å².